The van der Waals surface area contributed by atoms with E-state index in [2.05, 4.69) is 20.2 Å². The molecule has 1 aliphatic heterocycles. The topological polar surface area (TPSA) is 83.4 Å². The molecule has 1 saturated heterocycles. The molecule has 0 bridgehead atoms. The fourth-order valence-electron chi connectivity index (χ4n) is 3.88. The Labute approximate surface area is 182 Å². The Hall–Kier alpha value is -3.06. The Morgan fingerprint density at radius 1 is 1.23 bits per heavy atom. The number of carbonyl (C=O) groups is 1. The molecule has 0 radical (unpaired) electrons. The van der Waals surface area contributed by atoms with Crippen LogP contribution in [0.3, 0.4) is 0 Å². The Bertz CT molecular complexity index is 944. The molecular formula is C24H30N4O3. The minimum absolute atomic E-state index is 0.0988. The number of ether oxygens (including phenoxy) is 1. The number of nitrogens with one attached hydrogen (secondary N) is 2. The van der Waals surface area contributed by atoms with Crippen LogP contribution in [0.1, 0.15) is 52.9 Å². The van der Waals surface area contributed by atoms with Gasteiger partial charge in [0.15, 0.2) is 6.10 Å². The van der Waals surface area contributed by atoms with Crippen LogP contribution in [0.2, 0.25) is 0 Å². The molecule has 4 rings (SSSR count). The van der Waals surface area contributed by atoms with Crippen molar-refractivity contribution >= 4 is 5.91 Å². The number of nitrogens with zero attached hydrogens (tertiary/aromatic N) is 2. The van der Waals surface area contributed by atoms with Crippen LogP contribution in [0, 0.1) is 6.92 Å². The normalized spacial score (nSPS) is 15.1. The molecule has 2 N–H and O–H groups in total. The number of hydrogen-bond donors (Lipinski definition) is 2. The van der Waals surface area contributed by atoms with Crippen molar-refractivity contribution < 1.29 is 13.9 Å². The minimum atomic E-state index is -0.150. The summed E-state index contributed by atoms with van der Waals surface area (Å²) >= 11 is 0. The van der Waals surface area contributed by atoms with Crippen LogP contribution in [0.25, 0.3) is 0 Å². The largest absolute Gasteiger partial charge is 0.482 e. The summed E-state index contributed by atoms with van der Waals surface area (Å²) in [6.45, 7) is 5.81. The van der Waals surface area contributed by atoms with E-state index >= 15 is 0 Å². The van der Waals surface area contributed by atoms with Gasteiger partial charge in [-0.3, -0.25) is 4.79 Å². The lowest BCUT2D eigenvalue weighted by Crippen LogP contribution is -2.25. The smallest absolute Gasteiger partial charge is 0.251 e. The number of aromatic nitrogens is 2. The van der Waals surface area contributed by atoms with Gasteiger partial charge < -0.3 is 24.4 Å². The highest BCUT2D eigenvalue weighted by Gasteiger charge is 2.20. The maximum absolute atomic E-state index is 12.4. The van der Waals surface area contributed by atoms with Gasteiger partial charge >= 0.3 is 0 Å². The first-order chi connectivity index (χ1) is 15.2. The molecule has 2 aromatic heterocycles. The molecule has 0 saturated carbocycles. The molecule has 7 nitrogen and oxygen atoms in total. The molecule has 164 valence electrons. The van der Waals surface area contributed by atoms with E-state index in [1.54, 1.807) is 24.7 Å². The number of carbonyl (C=O) groups excluding carboxylic acids is 1. The van der Waals surface area contributed by atoms with E-state index in [1.807, 2.05) is 31.2 Å². The summed E-state index contributed by atoms with van der Waals surface area (Å²) < 4.78 is 12.1. The molecular weight excluding hydrogens is 392 g/mol. The van der Waals surface area contributed by atoms with Crippen LogP contribution >= 0.6 is 0 Å². The lowest BCUT2D eigenvalue weighted by atomic mass is 10.1. The summed E-state index contributed by atoms with van der Waals surface area (Å²) in [6.07, 6.45) is 7.38. The zero-order valence-corrected chi connectivity index (χ0v) is 18.0. The van der Waals surface area contributed by atoms with Crippen molar-refractivity contribution in [2.75, 3.05) is 26.2 Å². The van der Waals surface area contributed by atoms with Crippen molar-refractivity contribution in [2.45, 2.75) is 38.7 Å². The summed E-state index contributed by atoms with van der Waals surface area (Å²) in [6, 6.07) is 11.3. The molecule has 1 atom stereocenters. The monoisotopic (exact) mass is 422 g/mol. The highest BCUT2D eigenvalue weighted by molar-refractivity contribution is 5.94. The zero-order chi connectivity index (χ0) is 21.5. The number of aromatic amines is 1. The average molecular weight is 423 g/mol. The molecule has 0 spiro atoms. The summed E-state index contributed by atoms with van der Waals surface area (Å²) in [7, 11) is 0. The number of imidazole rings is 1. The third-order valence-electron chi connectivity index (χ3n) is 5.61. The minimum Gasteiger partial charge on any atom is -0.482 e. The van der Waals surface area contributed by atoms with Gasteiger partial charge in [0.25, 0.3) is 5.91 Å². The van der Waals surface area contributed by atoms with Gasteiger partial charge in [-0.15, -0.1) is 0 Å². The van der Waals surface area contributed by atoms with Gasteiger partial charge in [-0.05, 0) is 69.3 Å². The van der Waals surface area contributed by atoms with Crippen molar-refractivity contribution in [3.05, 3.63) is 71.7 Å². The first kappa shape index (κ1) is 21.2. The molecule has 0 aliphatic carbocycles. The molecule has 1 fully saturated rings. The highest BCUT2D eigenvalue weighted by Crippen LogP contribution is 2.27. The van der Waals surface area contributed by atoms with Gasteiger partial charge in [-0.2, -0.15) is 0 Å². The number of hydrogen-bond acceptors (Lipinski definition) is 5. The molecule has 1 aromatic carbocycles. The van der Waals surface area contributed by atoms with Gasteiger partial charge in [0.05, 0.1) is 6.33 Å². The van der Waals surface area contributed by atoms with Crippen LogP contribution < -0.4 is 10.1 Å². The van der Waals surface area contributed by atoms with E-state index in [-0.39, 0.29) is 12.0 Å². The summed E-state index contributed by atoms with van der Waals surface area (Å²) in [5, 5.41) is 2.93. The standard InChI is InChI=1S/C24H30N4O3/c1-18-4-9-22(30-18)23(11-15-28-13-2-3-14-28)31-21-7-5-19(6-8-21)24(29)26-12-10-20-16-25-17-27-20/h4-9,16-17,23H,2-3,10-15H2,1H3,(H,25,27)(H,26,29). The maximum atomic E-state index is 12.4. The number of furan rings is 1. The third kappa shape index (κ3) is 5.98. The third-order valence-corrected chi connectivity index (χ3v) is 5.61. The second-order valence-electron chi connectivity index (χ2n) is 8.00. The number of benzene rings is 1. The van der Waals surface area contributed by atoms with E-state index in [0.29, 0.717) is 18.5 Å². The number of H-pyrrole nitrogens is 1. The van der Waals surface area contributed by atoms with Gasteiger partial charge in [0, 0.05) is 43.4 Å². The summed E-state index contributed by atoms with van der Waals surface area (Å²) in [4.78, 5) is 21.9. The Balaban J connectivity index is 1.33. The maximum Gasteiger partial charge on any atom is 0.251 e. The predicted octanol–water partition coefficient (Wildman–Crippen LogP) is 3.89. The lowest BCUT2D eigenvalue weighted by Gasteiger charge is -2.21. The molecule has 7 heteroatoms. The number of rotatable bonds is 10. The van der Waals surface area contributed by atoms with E-state index < -0.39 is 0 Å². The van der Waals surface area contributed by atoms with Crippen LogP contribution in [0.4, 0.5) is 0 Å². The number of likely N-dealkylation sites (tertiary alicyclic amines) is 1. The van der Waals surface area contributed by atoms with E-state index in [0.717, 1.165) is 49.0 Å². The fourth-order valence-corrected chi connectivity index (χ4v) is 3.88. The molecule has 3 aromatic rings. The number of aryl methyl sites for hydroxylation is 1. The summed E-state index contributed by atoms with van der Waals surface area (Å²) in [5.41, 5.74) is 1.61. The van der Waals surface area contributed by atoms with Crippen LogP contribution in [-0.4, -0.2) is 47.0 Å². The Kier molecular flexibility index (Phi) is 7.04. The predicted molar refractivity (Wildman–Crippen MR) is 118 cm³/mol. The first-order valence-electron chi connectivity index (χ1n) is 11.0. The quantitative estimate of drug-likeness (QED) is 0.518. The Morgan fingerprint density at radius 2 is 2.03 bits per heavy atom. The Morgan fingerprint density at radius 3 is 2.71 bits per heavy atom. The van der Waals surface area contributed by atoms with Crippen molar-refractivity contribution in [3.63, 3.8) is 0 Å². The van der Waals surface area contributed by atoms with Gasteiger partial charge in [0.1, 0.15) is 17.3 Å². The van der Waals surface area contributed by atoms with Crippen LogP contribution in [-0.2, 0) is 6.42 Å². The van der Waals surface area contributed by atoms with Crippen molar-refractivity contribution in [3.8, 4) is 5.75 Å². The molecule has 1 unspecified atom stereocenters. The second kappa shape index (κ2) is 10.3. The van der Waals surface area contributed by atoms with E-state index in [9.17, 15) is 4.79 Å². The van der Waals surface area contributed by atoms with Crippen molar-refractivity contribution in [1.82, 2.24) is 20.2 Å². The zero-order valence-electron chi connectivity index (χ0n) is 18.0. The second-order valence-corrected chi connectivity index (χ2v) is 8.00. The summed E-state index contributed by atoms with van der Waals surface area (Å²) in [5.74, 6) is 2.36. The molecule has 1 amide bonds. The van der Waals surface area contributed by atoms with Crippen LogP contribution in [0.15, 0.2) is 53.3 Å². The average Bonchev–Trinajstić information content (AvgIpc) is 3.55. The van der Waals surface area contributed by atoms with Crippen molar-refractivity contribution in [1.29, 1.82) is 0 Å². The van der Waals surface area contributed by atoms with Crippen LogP contribution in [0.5, 0.6) is 5.75 Å². The molecule has 1 aliphatic rings. The van der Waals surface area contributed by atoms with E-state index in [4.69, 9.17) is 9.15 Å². The SMILES string of the molecule is Cc1ccc(C(CCN2CCCC2)Oc2ccc(C(=O)NCCc3cnc[nH]3)cc2)o1. The number of amides is 1. The van der Waals surface area contributed by atoms with Gasteiger partial charge in [-0.25, -0.2) is 4.98 Å². The van der Waals surface area contributed by atoms with Crippen molar-refractivity contribution in [2.24, 2.45) is 0 Å². The molecule has 31 heavy (non-hydrogen) atoms. The van der Waals surface area contributed by atoms with Gasteiger partial charge in [-0.1, -0.05) is 0 Å². The van der Waals surface area contributed by atoms with Gasteiger partial charge in [0.2, 0.25) is 0 Å². The van der Waals surface area contributed by atoms with E-state index in [1.165, 1.54) is 12.8 Å². The highest BCUT2D eigenvalue weighted by atomic mass is 16.5. The fraction of sp³-hybridized carbons (Fsp3) is 0.417. The first-order valence-corrected chi connectivity index (χ1v) is 11.0. The molecule has 3 heterocycles. The lowest BCUT2D eigenvalue weighted by molar-refractivity contribution is 0.0954.